The first-order chi connectivity index (χ1) is 21.5. The molecule has 2 aliphatic rings. The van der Waals surface area contributed by atoms with E-state index in [9.17, 15) is 18.0 Å². The van der Waals surface area contributed by atoms with Crippen LogP contribution in [0.1, 0.15) is 71.6 Å². The minimum absolute atomic E-state index is 0.0192. The molecule has 2 aliphatic heterocycles. The van der Waals surface area contributed by atoms with Gasteiger partial charge in [0.15, 0.2) is 0 Å². The number of amides is 1. The third-order valence-electron chi connectivity index (χ3n) is 8.27. The summed E-state index contributed by atoms with van der Waals surface area (Å²) >= 11 is 0. The fraction of sp³-hybridized carbons (Fsp3) is 0.405. The summed E-state index contributed by atoms with van der Waals surface area (Å²) in [5, 5.41) is 0. The van der Waals surface area contributed by atoms with E-state index >= 15 is 0 Å². The van der Waals surface area contributed by atoms with E-state index < -0.39 is 34.7 Å². The van der Waals surface area contributed by atoms with Crippen molar-refractivity contribution in [2.45, 2.75) is 84.5 Å². The summed E-state index contributed by atoms with van der Waals surface area (Å²) < 4.78 is 60.6. The number of halogens is 3. The Hall–Kier alpha value is -4.11. The Balaban J connectivity index is 1.41. The van der Waals surface area contributed by atoms with Gasteiger partial charge in [-0.15, -0.1) is 0 Å². The van der Waals surface area contributed by atoms with Crippen LogP contribution >= 0.6 is 0 Å². The number of alkyl halides is 3. The van der Waals surface area contributed by atoms with Crippen molar-refractivity contribution in [2.75, 3.05) is 6.61 Å². The van der Waals surface area contributed by atoms with Crippen molar-refractivity contribution in [1.29, 1.82) is 0 Å². The van der Waals surface area contributed by atoms with Gasteiger partial charge in [-0.3, -0.25) is 9.89 Å². The number of nitrogens with zero attached hydrogens (tertiary/aromatic N) is 2. The number of carbonyl (C=O) groups excluding carboxylic acids is 1. The second-order valence-corrected chi connectivity index (χ2v) is 13.6. The van der Waals surface area contributed by atoms with E-state index in [2.05, 4.69) is 0 Å². The van der Waals surface area contributed by atoms with Gasteiger partial charge in [0.25, 0.3) is 0 Å². The lowest BCUT2D eigenvalue weighted by Gasteiger charge is -2.42. The van der Waals surface area contributed by atoms with Crippen LogP contribution in [-0.4, -0.2) is 40.2 Å². The van der Waals surface area contributed by atoms with Crippen LogP contribution < -0.4 is 4.74 Å². The number of rotatable bonds is 6. The molecule has 1 unspecified atom stereocenters. The Morgan fingerprint density at radius 1 is 0.957 bits per heavy atom. The maximum atomic E-state index is 14.4. The molecule has 0 saturated carbocycles. The molecule has 0 spiro atoms. The van der Waals surface area contributed by atoms with Crippen LogP contribution in [0.4, 0.5) is 18.0 Å². The Labute approximate surface area is 268 Å². The quantitative estimate of drug-likeness (QED) is 0.271. The lowest BCUT2D eigenvalue weighted by molar-refractivity contribution is -0.139. The van der Waals surface area contributed by atoms with Gasteiger partial charge in [0.1, 0.15) is 29.2 Å². The van der Waals surface area contributed by atoms with Gasteiger partial charge in [0.05, 0.1) is 17.9 Å². The number of aliphatic imine (C=N–C) groups is 1. The Kier molecular flexibility index (Phi) is 8.85. The second kappa shape index (κ2) is 12.2. The Morgan fingerprint density at radius 2 is 1.59 bits per heavy atom. The highest BCUT2D eigenvalue weighted by atomic mass is 19.4. The molecule has 46 heavy (non-hydrogen) atoms. The summed E-state index contributed by atoms with van der Waals surface area (Å²) in [5.74, 6) is -0.347. The normalized spacial score (nSPS) is 21.4. The van der Waals surface area contributed by atoms with Crippen molar-refractivity contribution in [2.24, 2.45) is 10.9 Å². The maximum Gasteiger partial charge on any atom is 0.419 e. The minimum atomic E-state index is -4.65. The van der Waals surface area contributed by atoms with Crippen molar-refractivity contribution in [1.82, 2.24) is 4.90 Å². The Morgan fingerprint density at radius 3 is 2.22 bits per heavy atom. The smallest absolute Gasteiger partial charge is 0.419 e. The highest BCUT2D eigenvalue weighted by Gasteiger charge is 2.56. The first-order valence-electron chi connectivity index (χ1n) is 15.4. The molecule has 9 heteroatoms. The van der Waals surface area contributed by atoms with E-state index in [-0.39, 0.29) is 24.9 Å². The number of carbonyl (C=O) groups is 1. The predicted molar refractivity (Wildman–Crippen MR) is 173 cm³/mol. The van der Waals surface area contributed by atoms with Gasteiger partial charge in [0.2, 0.25) is 0 Å². The van der Waals surface area contributed by atoms with Gasteiger partial charge in [0, 0.05) is 17.2 Å². The zero-order chi connectivity index (χ0) is 33.5. The SMILES string of the molecule is CC1CC=C(c2ccc(OCc3ccc(-c4ccccc4)cc3)c(C(F)(F)F)c2)N=C1[C@]1(C)COC(C)(C)N1C(=O)OC(C)(C)C. The van der Waals surface area contributed by atoms with Crippen molar-refractivity contribution in [3.05, 3.63) is 95.6 Å². The number of ether oxygens (including phenoxy) is 3. The van der Waals surface area contributed by atoms with E-state index in [1.54, 1.807) is 45.6 Å². The first kappa shape index (κ1) is 33.3. The van der Waals surface area contributed by atoms with E-state index in [0.29, 0.717) is 23.4 Å². The Bertz CT molecular complexity index is 1640. The molecule has 3 aromatic carbocycles. The average molecular weight is 635 g/mol. The summed E-state index contributed by atoms with van der Waals surface area (Å²) in [6.07, 6.45) is -2.83. The zero-order valence-corrected chi connectivity index (χ0v) is 27.4. The molecule has 0 aromatic heterocycles. The number of hydrogen-bond acceptors (Lipinski definition) is 5. The van der Waals surface area contributed by atoms with Gasteiger partial charge in [-0.05, 0) is 82.9 Å². The van der Waals surface area contributed by atoms with Crippen molar-refractivity contribution in [3.8, 4) is 16.9 Å². The predicted octanol–water partition coefficient (Wildman–Crippen LogP) is 9.54. The summed E-state index contributed by atoms with van der Waals surface area (Å²) in [6.45, 7) is 13.0. The summed E-state index contributed by atoms with van der Waals surface area (Å²) in [6, 6.07) is 21.4. The standard InChI is InChI=1S/C37H41F3N2O4/c1-24-13-19-30(41-32(24)36(7)23-45-35(5,6)42(36)33(43)46-34(2,3)4)28-18-20-31(29(21-28)37(38,39)40)44-22-25-14-16-27(17-15-25)26-11-9-8-10-12-26/h8-12,14-21,24H,13,22-23H2,1-7H3/t24?,36-/m0/s1. The average Bonchev–Trinajstić information content (AvgIpc) is 3.24. The number of benzene rings is 3. The van der Waals surface area contributed by atoms with Crippen molar-refractivity contribution in [3.63, 3.8) is 0 Å². The second-order valence-electron chi connectivity index (χ2n) is 13.6. The molecule has 0 bridgehead atoms. The molecule has 2 heterocycles. The van der Waals surface area contributed by atoms with Crippen LogP contribution in [0.15, 0.2) is 83.9 Å². The van der Waals surface area contributed by atoms with Crippen LogP contribution in [0.3, 0.4) is 0 Å². The van der Waals surface area contributed by atoms with Gasteiger partial charge < -0.3 is 14.2 Å². The van der Waals surface area contributed by atoms with E-state index in [4.69, 9.17) is 19.2 Å². The van der Waals surface area contributed by atoms with Crippen molar-refractivity contribution < 1.29 is 32.2 Å². The van der Waals surface area contributed by atoms with Gasteiger partial charge in [-0.1, -0.05) is 67.6 Å². The van der Waals surface area contributed by atoms with Gasteiger partial charge >= 0.3 is 12.3 Å². The fourth-order valence-electron chi connectivity index (χ4n) is 6.10. The molecule has 2 atom stereocenters. The highest BCUT2D eigenvalue weighted by Crippen LogP contribution is 2.43. The van der Waals surface area contributed by atoms with Gasteiger partial charge in [-0.25, -0.2) is 4.79 Å². The summed E-state index contributed by atoms with van der Waals surface area (Å²) in [7, 11) is 0. The molecule has 0 aliphatic carbocycles. The van der Waals surface area contributed by atoms with Crippen LogP contribution in [0.2, 0.25) is 0 Å². The molecule has 1 fully saturated rings. The molecule has 0 radical (unpaired) electrons. The first-order valence-corrected chi connectivity index (χ1v) is 15.4. The molecule has 1 amide bonds. The molecular formula is C37H41F3N2O4. The fourth-order valence-corrected chi connectivity index (χ4v) is 6.10. The lowest BCUT2D eigenvalue weighted by Crippen LogP contribution is -2.60. The molecule has 5 rings (SSSR count). The molecule has 1 saturated heterocycles. The third-order valence-corrected chi connectivity index (χ3v) is 8.27. The largest absolute Gasteiger partial charge is 0.488 e. The molecule has 6 nitrogen and oxygen atoms in total. The zero-order valence-electron chi connectivity index (χ0n) is 27.4. The highest BCUT2D eigenvalue weighted by molar-refractivity contribution is 6.02. The number of hydrogen-bond donors (Lipinski definition) is 0. The summed E-state index contributed by atoms with van der Waals surface area (Å²) in [4.78, 5) is 19.9. The van der Waals surface area contributed by atoms with E-state index in [1.807, 2.05) is 74.5 Å². The van der Waals surface area contributed by atoms with Crippen LogP contribution in [-0.2, 0) is 22.3 Å². The van der Waals surface area contributed by atoms with Gasteiger partial charge in [-0.2, -0.15) is 13.2 Å². The minimum Gasteiger partial charge on any atom is -0.488 e. The van der Waals surface area contributed by atoms with Crippen LogP contribution in [0, 0.1) is 5.92 Å². The molecule has 3 aromatic rings. The monoisotopic (exact) mass is 634 g/mol. The van der Waals surface area contributed by atoms with E-state index in [0.717, 1.165) is 22.8 Å². The summed E-state index contributed by atoms with van der Waals surface area (Å²) in [5.41, 5.74) is 0.599. The maximum absolute atomic E-state index is 14.4. The lowest BCUT2D eigenvalue weighted by atomic mass is 9.82. The molecule has 0 N–H and O–H groups in total. The third kappa shape index (κ3) is 6.99. The van der Waals surface area contributed by atoms with Crippen LogP contribution in [0.5, 0.6) is 5.75 Å². The van der Waals surface area contributed by atoms with E-state index in [1.165, 1.54) is 6.07 Å². The number of allylic oxidation sites excluding steroid dienone is 1. The molecule has 244 valence electrons. The topological polar surface area (TPSA) is 60.4 Å². The van der Waals surface area contributed by atoms with Crippen molar-refractivity contribution >= 4 is 17.5 Å². The molecular weight excluding hydrogens is 593 g/mol. The van der Waals surface area contributed by atoms with Crippen LogP contribution in [0.25, 0.3) is 16.8 Å².